The third-order valence-electron chi connectivity index (χ3n) is 2.08. The summed E-state index contributed by atoms with van der Waals surface area (Å²) in [7, 11) is 0. The maximum absolute atomic E-state index is 5.62. The van der Waals surface area contributed by atoms with E-state index in [0.717, 1.165) is 6.42 Å². The Bertz CT molecular complexity index is 178. The number of rotatable bonds is 6. The van der Waals surface area contributed by atoms with Crippen molar-refractivity contribution in [2.45, 2.75) is 46.5 Å². The molecule has 0 aromatic heterocycles. The largest absolute Gasteiger partial charge is 0.327 e. The highest BCUT2D eigenvalue weighted by atomic mass is 14.5. The minimum atomic E-state index is 0.698. The van der Waals surface area contributed by atoms with Crippen LogP contribution in [0.5, 0.6) is 0 Å². The summed E-state index contributed by atoms with van der Waals surface area (Å²) < 4.78 is 0. The first-order valence-corrected chi connectivity index (χ1v) is 5.29. The van der Waals surface area contributed by atoms with Gasteiger partial charge in [0.15, 0.2) is 0 Å². The molecule has 0 atom stereocenters. The molecule has 0 bridgehead atoms. The second-order valence-electron chi connectivity index (χ2n) is 3.54. The summed E-state index contributed by atoms with van der Waals surface area (Å²) in [5.41, 5.74) is 8.43. The smallest absolute Gasteiger partial charge is 0.0139 e. The molecule has 0 rings (SSSR count). The second-order valence-corrected chi connectivity index (χ2v) is 3.54. The van der Waals surface area contributed by atoms with Gasteiger partial charge >= 0.3 is 0 Å². The molecule has 0 aromatic carbocycles. The highest BCUT2D eigenvalue weighted by Gasteiger charge is 1.91. The minimum absolute atomic E-state index is 0.698. The van der Waals surface area contributed by atoms with E-state index >= 15 is 0 Å². The number of nitrogens with two attached hydrogens (primary N) is 1. The van der Waals surface area contributed by atoms with Crippen LogP contribution in [0.25, 0.3) is 0 Å². The molecule has 76 valence electrons. The van der Waals surface area contributed by atoms with Gasteiger partial charge in [-0.3, -0.25) is 0 Å². The molecule has 2 N–H and O–H groups in total. The van der Waals surface area contributed by atoms with E-state index in [1.807, 2.05) is 0 Å². The van der Waals surface area contributed by atoms with Crippen LogP contribution in [0.1, 0.15) is 46.5 Å². The van der Waals surface area contributed by atoms with Gasteiger partial charge in [-0.1, -0.05) is 50.0 Å². The lowest BCUT2D eigenvalue weighted by Gasteiger charge is -2.00. The van der Waals surface area contributed by atoms with Crippen LogP contribution in [0.3, 0.4) is 0 Å². The van der Waals surface area contributed by atoms with Gasteiger partial charge in [0.05, 0.1) is 0 Å². The lowest BCUT2D eigenvalue weighted by Crippen LogP contribution is -2.02. The Morgan fingerprint density at radius 3 is 2.15 bits per heavy atom. The van der Waals surface area contributed by atoms with Crippen LogP contribution in [0, 0.1) is 0 Å². The van der Waals surface area contributed by atoms with E-state index in [9.17, 15) is 0 Å². The Morgan fingerprint density at radius 2 is 1.69 bits per heavy atom. The highest BCUT2D eigenvalue weighted by molar-refractivity contribution is 5.17. The first kappa shape index (κ1) is 12.4. The van der Waals surface area contributed by atoms with Crippen molar-refractivity contribution >= 4 is 0 Å². The maximum Gasteiger partial charge on any atom is 0.0139 e. The molecule has 0 saturated carbocycles. The standard InChI is InChI=1S/C12H23N/c1-4-6-11(3)8-9-12(10-13)7-5-2/h8-9H,4-7,10,13H2,1-3H3/b11-8+,12-9-. The van der Waals surface area contributed by atoms with Gasteiger partial charge in [-0.25, -0.2) is 0 Å². The van der Waals surface area contributed by atoms with E-state index < -0.39 is 0 Å². The highest BCUT2D eigenvalue weighted by Crippen LogP contribution is 2.07. The Hall–Kier alpha value is -0.560. The van der Waals surface area contributed by atoms with Crippen LogP contribution in [0.15, 0.2) is 23.3 Å². The Morgan fingerprint density at radius 1 is 1.08 bits per heavy atom. The van der Waals surface area contributed by atoms with E-state index in [4.69, 9.17) is 5.73 Å². The lowest BCUT2D eigenvalue weighted by molar-refractivity contribution is 0.872. The quantitative estimate of drug-likeness (QED) is 0.624. The number of allylic oxidation sites excluding steroid dienone is 3. The molecule has 0 amide bonds. The number of hydrogen-bond acceptors (Lipinski definition) is 1. The van der Waals surface area contributed by atoms with Crippen LogP contribution in [-0.2, 0) is 0 Å². The second kappa shape index (κ2) is 8.06. The fourth-order valence-electron chi connectivity index (χ4n) is 1.31. The topological polar surface area (TPSA) is 26.0 Å². The van der Waals surface area contributed by atoms with E-state index in [1.54, 1.807) is 0 Å². The lowest BCUT2D eigenvalue weighted by atomic mass is 10.1. The molecule has 1 nitrogen and oxygen atoms in total. The summed E-state index contributed by atoms with van der Waals surface area (Å²) in [5, 5.41) is 0. The van der Waals surface area contributed by atoms with Gasteiger partial charge in [0.1, 0.15) is 0 Å². The zero-order valence-electron chi connectivity index (χ0n) is 9.27. The van der Waals surface area contributed by atoms with E-state index in [0.29, 0.717) is 6.54 Å². The van der Waals surface area contributed by atoms with Gasteiger partial charge in [-0.05, 0) is 19.8 Å². The molecule has 0 aromatic rings. The number of hydrogen-bond donors (Lipinski definition) is 1. The van der Waals surface area contributed by atoms with Crippen molar-refractivity contribution in [3.63, 3.8) is 0 Å². The van der Waals surface area contributed by atoms with Crippen molar-refractivity contribution in [1.29, 1.82) is 0 Å². The van der Waals surface area contributed by atoms with Crippen LogP contribution in [0.4, 0.5) is 0 Å². The summed E-state index contributed by atoms with van der Waals surface area (Å²) in [5.74, 6) is 0. The fourth-order valence-corrected chi connectivity index (χ4v) is 1.31. The first-order chi connectivity index (χ1) is 6.24. The molecule has 0 spiro atoms. The SMILES string of the molecule is CCC/C(=C/C=C(\C)CCC)CN. The monoisotopic (exact) mass is 181 g/mol. The third kappa shape index (κ3) is 6.59. The predicted molar refractivity (Wildman–Crippen MR) is 60.7 cm³/mol. The van der Waals surface area contributed by atoms with Crippen LogP contribution >= 0.6 is 0 Å². The van der Waals surface area contributed by atoms with E-state index in [2.05, 4.69) is 32.9 Å². The normalized spacial score (nSPS) is 13.5. The van der Waals surface area contributed by atoms with Crippen molar-refractivity contribution in [3.8, 4) is 0 Å². The van der Waals surface area contributed by atoms with Crippen LogP contribution < -0.4 is 5.73 Å². The molecule has 0 aliphatic carbocycles. The Kier molecular flexibility index (Phi) is 7.71. The zero-order valence-corrected chi connectivity index (χ0v) is 9.27. The third-order valence-corrected chi connectivity index (χ3v) is 2.08. The first-order valence-electron chi connectivity index (χ1n) is 5.29. The van der Waals surface area contributed by atoms with Gasteiger partial charge in [0, 0.05) is 6.54 Å². The summed E-state index contributed by atoms with van der Waals surface area (Å²) in [6.07, 6.45) is 9.13. The molecule has 0 radical (unpaired) electrons. The molecule has 0 heterocycles. The van der Waals surface area contributed by atoms with Gasteiger partial charge in [0.2, 0.25) is 0 Å². The molecular weight excluding hydrogens is 158 g/mol. The molecule has 0 aliphatic rings. The molecule has 1 heteroatoms. The van der Waals surface area contributed by atoms with Crippen molar-refractivity contribution in [3.05, 3.63) is 23.3 Å². The van der Waals surface area contributed by atoms with Gasteiger partial charge in [-0.2, -0.15) is 0 Å². The van der Waals surface area contributed by atoms with Gasteiger partial charge < -0.3 is 5.73 Å². The molecule has 0 fully saturated rings. The van der Waals surface area contributed by atoms with Crippen LogP contribution in [-0.4, -0.2) is 6.54 Å². The fraction of sp³-hybridized carbons (Fsp3) is 0.667. The average molecular weight is 181 g/mol. The van der Waals surface area contributed by atoms with E-state index in [1.165, 1.54) is 30.4 Å². The van der Waals surface area contributed by atoms with Crippen molar-refractivity contribution in [1.82, 2.24) is 0 Å². The average Bonchev–Trinajstić information content (AvgIpc) is 2.12. The van der Waals surface area contributed by atoms with E-state index in [-0.39, 0.29) is 0 Å². The molecule has 0 unspecified atom stereocenters. The molecule has 0 saturated heterocycles. The van der Waals surface area contributed by atoms with Crippen molar-refractivity contribution in [2.75, 3.05) is 6.54 Å². The molecule has 0 aliphatic heterocycles. The zero-order chi connectivity index (χ0) is 10.1. The van der Waals surface area contributed by atoms with Crippen molar-refractivity contribution < 1.29 is 0 Å². The van der Waals surface area contributed by atoms with Gasteiger partial charge in [-0.15, -0.1) is 0 Å². The van der Waals surface area contributed by atoms with Crippen LogP contribution in [0.2, 0.25) is 0 Å². The Balaban J connectivity index is 4.09. The summed E-state index contributed by atoms with van der Waals surface area (Å²) >= 11 is 0. The summed E-state index contributed by atoms with van der Waals surface area (Å²) in [6, 6.07) is 0. The Labute approximate surface area is 82.7 Å². The van der Waals surface area contributed by atoms with Gasteiger partial charge in [0.25, 0.3) is 0 Å². The van der Waals surface area contributed by atoms with Crippen molar-refractivity contribution in [2.24, 2.45) is 5.73 Å². The minimum Gasteiger partial charge on any atom is -0.327 e. The predicted octanol–water partition coefficient (Wildman–Crippen LogP) is 3.42. The summed E-state index contributed by atoms with van der Waals surface area (Å²) in [4.78, 5) is 0. The molecular formula is C12H23N. The maximum atomic E-state index is 5.62. The molecule has 13 heavy (non-hydrogen) atoms. The summed E-state index contributed by atoms with van der Waals surface area (Å²) in [6.45, 7) is 7.27.